The van der Waals surface area contributed by atoms with Crippen LogP contribution in [0, 0.1) is 35.5 Å². The van der Waals surface area contributed by atoms with Crippen molar-refractivity contribution in [2.45, 2.75) is 73.0 Å². The van der Waals surface area contributed by atoms with E-state index in [0.29, 0.717) is 12.8 Å². The summed E-state index contributed by atoms with van der Waals surface area (Å²) in [6, 6.07) is 3.63. The minimum absolute atomic E-state index is 0.0181. The van der Waals surface area contributed by atoms with Crippen LogP contribution in [0.1, 0.15) is 59.9 Å². The molecule has 0 saturated heterocycles. The highest BCUT2D eigenvalue weighted by Gasteiger charge is 2.32. The van der Waals surface area contributed by atoms with Crippen molar-refractivity contribution in [2.24, 2.45) is 41.2 Å². The molecule has 4 N–H and O–H groups in total. The highest BCUT2D eigenvalue weighted by molar-refractivity contribution is 5.91. The zero-order valence-corrected chi connectivity index (χ0v) is 24.0. The second-order valence-corrected chi connectivity index (χ2v) is 10.9. The highest BCUT2D eigenvalue weighted by atomic mass is 16.3. The molecule has 6 nitrogen and oxygen atoms in total. The topological polar surface area (TPSA) is 114 Å². The first kappa shape index (κ1) is 33.2. The molecule has 0 aliphatic rings. The molecule has 1 amide bonds. The molecule has 6 heteroatoms. The number of aliphatic hydroxyl groups excluding tert-OH is 2. The molecule has 0 spiro atoms. The van der Waals surface area contributed by atoms with E-state index < -0.39 is 12.2 Å². The Hall–Kier alpha value is -2.83. The smallest absolute Gasteiger partial charge is 0.217 e. The van der Waals surface area contributed by atoms with Crippen LogP contribution in [-0.2, 0) is 16.0 Å². The first-order valence-electron chi connectivity index (χ1n) is 13.6. The third kappa shape index (κ3) is 11.7. The highest BCUT2D eigenvalue weighted by Crippen LogP contribution is 2.33. The normalized spacial score (nSPS) is 18.9. The Labute approximate surface area is 229 Å². The van der Waals surface area contributed by atoms with Crippen molar-refractivity contribution in [3.63, 3.8) is 0 Å². The van der Waals surface area contributed by atoms with Gasteiger partial charge in [0.1, 0.15) is 0 Å². The molecule has 38 heavy (non-hydrogen) atoms. The van der Waals surface area contributed by atoms with Crippen molar-refractivity contribution in [2.75, 3.05) is 0 Å². The Morgan fingerprint density at radius 1 is 0.974 bits per heavy atom. The monoisotopic (exact) mass is 524 g/mol. The number of aromatic nitrogens is 1. The Kier molecular flexibility index (Phi) is 14.8. The van der Waals surface area contributed by atoms with Gasteiger partial charge in [0, 0.05) is 37.1 Å². The fourth-order valence-corrected chi connectivity index (χ4v) is 5.11. The second-order valence-electron chi connectivity index (χ2n) is 10.9. The number of hydrogen-bond acceptors (Lipinski definition) is 5. The van der Waals surface area contributed by atoms with Gasteiger partial charge in [0.25, 0.3) is 0 Å². The molecule has 210 valence electrons. The van der Waals surface area contributed by atoms with E-state index >= 15 is 0 Å². The van der Waals surface area contributed by atoms with Gasteiger partial charge < -0.3 is 15.9 Å². The van der Waals surface area contributed by atoms with Crippen molar-refractivity contribution in [1.82, 2.24) is 4.98 Å². The molecule has 0 saturated carbocycles. The quantitative estimate of drug-likeness (QED) is 0.147. The fourth-order valence-electron chi connectivity index (χ4n) is 5.11. The van der Waals surface area contributed by atoms with E-state index in [4.69, 9.17) is 5.73 Å². The molecule has 0 aliphatic heterocycles. The Balaban J connectivity index is 2.75. The van der Waals surface area contributed by atoms with Crippen molar-refractivity contribution >= 4 is 11.7 Å². The SMILES string of the molecule is C=C/C=C\C(C)C(CC(N)=O)C(C)C(O)C(C)C/C(C)=C\C(C)C(O)C(C)/C=C\C(=O)Cc1ccncc1. The number of rotatable bonds is 17. The predicted molar refractivity (Wildman–Crippen MR) is 155 cm³/mol. The van der Waals surface area contributed by atoms with E-state index in [0.717, 1.165) is 11.1 Å². The minimum atomic E-state index is -0.647. The van der Waals surface area contributed by atoms with Crippen LogP contribution in [-0.4, -0.2) is 39.1 Å². The van der Waals surface area contributed by atoms with Gasteiger partial charge in [-0.3, -0.25) is 14.6 Å². The number of nitrogens with zero attached hydrogens (tertiary/aromatic N) is 1. The molecule has 0 fully saturated rings. The Morgan fingerprint density at radius 2 is 1.61 bits per heavy atom. The van der Waals surface area contributed by atoms with Gasteiger partial charge in [-0.25, -0.2) is 0 Å². The molecule has 0 aliphatic carbocycles. The van der Waals surface area contributed by atoms with Crippen LogP contribution >= 0.6 is 0 Å². The van der Waals surface area contributed by atoms with E-state index in [1.807, 2.05) is 71.9 Å². The Bertz CT molecular complexity index is 969. The summed E-state index contributed by atoms with van der Waals surface area (Å²) in [5.74, 6) is -0.906. The second kappa shape index (κ2) is 16.9. The number of primary amides is 1. The van der Waals surface area contributed by atoms with Crippen molar-refractivity contribution < 1.29 is 19.8 Å². The fraction of sp³-hybridized carbons (Fsp3) is 0.531. The van der Waals surface area contributed by atoms with Gasteiger partial charge in [-0.2, -0.15) is 0 Å². The van der Waals surface area contributed by atoms with Crippen molar-refractivity contribution in [3.05, 3.63) is 78.7 Å². The summed E-state index contributed by atoms with van der Waals surface area (Å²) < 4.78 is 0. The van der Waals surface area contributed by atoms with Gasteiger partial charge in [-0.15, -0.1) is 0 Å². The summed E-state index contributed by atoms with van der Waals surface area (Å²) in [6.45, 7) is 15.6. The standard InChI is InChI=1S/C32H48N2O4/c1-8-9-10-22(3)29(20-30(33)36)26(7)32(38)25(6)18-21(2)17-24(5)31(37)23(4)11-12-28(35)19-27-13-15-34-16-14-27/h8-17,22-26,29,31-32,37-38H,1,18-20H2,2-7H3,(H2,33,36)/b10-9-,12-11-,21-17-. The molecule has 1 aromatic heterocycles. The van der Waals surface area contributed by atoms with Gasteiger partial charge in [0.15, 0.2) is 5.78 Å². The summed E-state index contributed by atoms with van der Waals surface area (Å²) in [5.41, 5.74) is 7.49. The number of aliphatic hydroxyl groups is 2. The predicted octanol–water partition coefficient (Wildman–Crippen LogP) is 5.22. The number of amides is 1. The van der Waals surface area contributed by atoms with Crippen LogP contribution in [0.4, 0.5) is 0 Å². The molecule has 1 heterocycles. The number of nitrogens with two attached hydrogens (primary N) is 1. The van der Waals surface area contributed by atoms with Crippen LogP contribution in [0.3, 0.4) is 0 Å². The van der Waals surface area contributed by atoms with E-state index in [1.165, 1.54) is 0 Å². The van der Waals surface area contributed by atoms with Gasteiger partial charge >= 0.3 is 0 Å². The van der Waals surface area contributed by atoms with E-state index in [2.05, 4.69) is 11.6 Å². The first-order chi connectivity index (χ1) is 17.9. The summed E-state index contributed by atoms with van der Waals surface area (Å²) in [4.78, 5) is 27.9. The third-order valence-electron chi connectivity index (χ3n) is 7.44. The summed E-state index contributed by atoms with van der Waals surface area (Å²) in [6.07, 6.45) is 14.1. The maximum Gasteiger partial charge on any atom is 0.217 e. The van der Waals surface area contributed by atoms with Gasteiger partial charge in [-0.05, 0) is 60.8 Å². The average molecular weight is 525 g/mol. The van der Waals surface area contributed by atoms with E-state index in [1.54, 1.807) is 30.6 Å². The largest absolute Gasteiger partial charge is 0.393 e. The van der Waals surface area contributed by atoms with Crippen molar-refractivity contribution in [1.29, 1.82) is 0 Å². The molecule has 8 atom stereocenters. The zero-order chi connectivity index (χ0) is 28.8. The van der Waals surface area contributed by atoms with Gasteiger partial charge in [-0.1, -0.05) is 77.2 Å². The van der Waals surface area contributed by atoms with E-state index in [-0.39, 0.29) is 53.6 Å². The number of ketones is 1. The van der Waals surface area contributed by atoms with Crippen LogP contribution < -0.4 is 5.73 Å². The lowest BCUT2D eigenvalue weighted by atomic mass is 9.74. The molecule has 0 radical (unpaired) electrons. The van der Waals surface area contributed by atoms with Gasteiger partial charge in [0.05, 0.1) is 12.2 Å². The average Bonchev–Trinajstić information content (AvgIpc) is 2.87. The van der Waals surface area contributed by atoms with Crippen molar-refractivity contribution in [3.8, 4) is 0 Å². The molecule has 1 aromatic rings. The molecular weight excluding hydrogens is 476 g/mol. The van der Waals surface area contributed by atoms with Crippen LogP contribution in [0.25, 0.3) is 0 Å². The van der Waals surface area contributed by atoms with Crippen LogP contribution in [0.2, 0.25) is 0 Å². The lowest BCUT2D eigenvalue weighted by Crippen LogP contribution is -2.36. The molecule has 0 aromatic carbocycles. The maximum atomic E-state index is 12.3. The molecular formula is C32H48N2O4. The number of carbonyl (C=O) groups is 2. The summed E-state index contributed by atoms with van der Waals surface area (Å²) in [5, 5.41) is 22.0. The minimum Gasteiger partial charge on any atom is -0.393 e. The number of hydrogen-bond donors (Lipinski definition) is 3. The number of allylic oxidation sites excluding steroid dienone is 5. The lowest BCUT2D eigenvalue weighted by Gasteiger charge is -2.34. The Morgan fingerprint density at radius 3 is 2.18 bits per heavy atom. The van der Waals surface area contributed by atoms with E-state index in [9.17, 15) is 19.8 Å². The van der Waals surface area contributed by atoms with Crippen LogP contribution in [0.5, 0.6) is 0 Å². The molecule has 1 rings (SSSR count). The zero-order valence-electron chi connectivity index (χ0n) is 24.0. The van der Waals surface area contributed by atoms with Crippen LogP contribution in [0.15, 0.2) is 73.1 Å². The van der Waals surface area contributed by atoms with Gasteiger partial charge in [0.2, 0.25) is 5.91 Å². The maximum absolute atomic E-state index is 12.3. The number of pyridine rings is 1. The lowest BCUT2D eigenvalue weighted by molar-refractivity contribution is -0.120. The first-order valence-corrected chi connectivity index (χ1v) is 13.6. The third-order valence-corrected chi connectivity index (χ3v) is 7.44. The summed E-state index contributed by atoms with van der Waals surface area (Å²) >= 11 is 0. The summed E-state index contributed by atoms with van der Waals surface area (Å²) in [7, 11) is 0. The number of carbonyl (C=O) groups excluding carboxylic acids is 2. The molecule has 0 bridgehead atoms. The molecule has 8 unspecified atom stereocenters.